The molecule has 0 unspecified atom stereocenters. The molecule has 0 fully saturated rings. The molecule has 23 heavy (non-hydrogen) atoms. The van der Waals surface area contributed by atoms with Gasteiger partial charge in [0, 0.05) is 5.39 Å². The molecular formula is C17H20O6. The molecule has 6 heteroatoms. The van der Waals surface area contributed by atoms with E-state index in [1.807, 2.05) is 0 Å². The minimum atomic E-state index is -0.565. The van der Waals surface area contributed by atoms with Gasteiger partial charge in [-0.2, -0.15) is 0 Å². The summed E-state index contributed by atoms with van der Waals surface area (Å²) in [7, 11) is 1.31. The van der Waals surface area contributed by atoms with Gasteiger partial charge in [0.2, 0.25) is 0 Å². The Kier molecular flexibility index (Phi) is 4.63. The lowest BCUT2D eigenvalue weighted by atomic mass is 10.1. The first kappa shape index (κ1) is 16.9. The highest BCUT2D eigenvalue weighted by Gasteiger charge is 2.20. The van der Waals surface area contributed by atoms with Crippen LogP contribution in [0.2, 0.25) is 0 Å². The van der Waals surface area contributed by atoms with Crippen molar-refractivity contribution in [2.75, 3.05) is 13.7 Å². The van der Waals surface area contributed by atoms with Gasteiger partial charge < -0.3 is 18.6 Å². The van der Waals surface area contributed by atoms with Crippen molar-refractivity contribution in [2.24, 2.45) is 0 Å². The third kappa shape index (κ3) is 4.03. The second-order valence-electron chi connectivity index (χ2n) is 6.06. The zero-order chi connectivity index (χ0) is 17.2. The maximum absolute atomic E-state index is 11.8. The van der Waals surface area contributed by atoms with Crippen LogP contribution in [0.4, 0.5) is 0 Å². The molecule has 0 spiro atoms. The van der Waals surface area contributed by atoms with Crippen molar-refractivity contribution >= 4 is 22.9 Å². The van der Waals surface area contributed by atoms with Crippen LogP contribution < -0.4 is 4.74 Å². The molecule has 0 atom stereocenters. The SMILES string of the molecule is COC(=O)c1c(C)oc2ccc(OCC(=O)OC(C)(C)C)cc12. The highest BCUT2D eigenvalue weighted by Crippen LogP contribution is 2.29. The monoisotopic (exact) mass is 320 g/mol. The first-order valence-corrected chi connectivity index (χ1v) is 7.17. The fourth-order valence-electron chi connectivity index (χ4n) is 2.16. The number of furan rings is 1. The maximum atomic E-state index is 11.8. The lowest BCUT2D eigenvalue weighted by Gasteiger charge is -2.19. The van der Waals surface area contributed by atoms with Gasteiger partial charge in [-0.05, 0) is 45.9 Å². The van der Waals surface area contributed by atoms with Crippen molar-refractivity contribution in [1.29, 1.82) is 0 Å². The molecule has 0 saturated carbocycles. The number of methoxy groups -OCH3 is 1. The summed E-state index contributed by atoms with van der Waals surface area (Å²) in [4.78, 5) is 23.5. The predicted octanol–water partition coefficient (Wildman–Crippen LogP) is 3.25. The summed E-state index contributed by atoms with van der Waals surface area (Å²) in [6, 6.07) is 4.98. The molecule has 0 N–H and O–H groups in total. The topological polar surface area (TPSA) is 75.0 Å². The summed E-state index contributed by atoms with van der Waals surface area (Å²) < 4.78 is 20.9. The molecule has 0 radical (unpaired) electrons. The summed E-state index contributed by atoms with van der Waals surface area (Å²) in [5.41, 5.74) is 0.335. The molecule has 0 saturated heterocycles. The standard InChI is InChI=1S/C17H20O6/c1-10-15(16(19)20-5)12-8-11(6-7-13(12)22-10)21-9-14(18)23-17(2,3)4/h6-8H,9H2,1-5H3. The van der Waals surface area contributed by atoms with Crippen LogP contribution in [-0.2, 0) is 14.3 Å². The van der Waals surface area contributed by atoms with Crippen LogP contribution in [0.5, 0.6) is 5.75 Å². The third-order valence-corrected chi connectivity index (χ3v) is 3.00. The molecule has 1 aromatic heterocycles. The van der Waals surface area contributed by atoms with E-state index in [0.717, 1.165) is 0 Å². The minimum absolute atomic E-state index is 0.215. The molecule has 1 aromatic carbocycles. The van der Waals surface area contributed by atoms with E-state index in [4.69, 9.17) is 18.6 Å². The summed E-state index contributed by atoms with van der Waals surface area (Å²) in [5.74, 6) is -0.0369. The van der Waals surface area contributed by atoms with Gasteiger partial charge in [-0.1, -0.05) is 0 Å². The van der Waals surface area contributed by atoms with Gasteiger partial charge in [-0.15, -0.1) is 0 Å². The number of ether oxygens (including phenoxy) is 3. The number of benzene rings is 1. The molecule has 2 rings (SSSR count). The first-order chi connectivity index (χ1) is 10.7. The summed E-state index contributed by atoms with van der Waals surface area (Å²) in [6.07, 6.45) is 0. The van der Waals surface area contributed by atoms with E-state index in [1.54, 1.807) is 45.9 Å². The Hall–Kier alpha value is -2.50. The fraction of sp³-hybridized carbons (Fsp3) is 0.412. The van der Waals surface area contributed by atoms with E-state index in [1.165, 1.54) is 7.11 Å². The zero-order valence-corrected chi connectivity index (χ0v) is 13.9. The molecule has 0 aliphatic heterocycles. The van der Waals surface area contributed by atoms with Gasteiger partial charge in [-0.3, -0.25) is 0 Å². The van der Waals surface area contributed by atoms with Crippen LogP contribution in [0.3, 0.4) is 0 Å². The van der Waals surface area contributed by atoms with Crippen molar-refractivity contribution in [1.82, 2.24) is 0 Å². The highest BCUT2D eigenvalue weighted by molar-refractivity contribution is 6.04. The van der Waals surface area contributed by atoms with E-state index >= 15 is 0 Å². The minimum Gasteiger partial charge on any atom is -0.482 e. The van der Waals surface area contributed by atoms with Gasteiger partial charge in [0.05, 0.1) is 7.11 Å². The second kappa shape index (κ2) is 6.32. The molecule has 0 amide bonds. The number of hydrogen-bond acceptors (Lipinski definition) is 6. The lowest BCUT2D eigenvalue weighted by molar-refractivity contribution is -0.157. The Balaban J connectivity index is 2.20. The number of fused-ring (bicyclic) bond motifs is 1. The quantitative estimate of drug-likeness (QED) is 0.805. The normalized spacial score (nSPS) is 11.3. The number of aryl methyl sites for hydroxylation is 1. The number of rotatable bonds is 4. The summed E-state index contributed by atoms with van der Waals surface area (Å²) in [5, 5.41) is 0.580. The number of esters is 2. The van der Waals surface area contributed by atoms with Crippen molar-refractivity contribution < 1.29 is 28.2 Å². The average Bonchev–Trinajstić information content (AvgIpc) is 2.77. The van der Waals surface area contributed by atoms with Gasteiger partial charge in [0.15, 0.2) is 6.61 Å². The van der Waals surface area contributed by atoms with Gasteiger partial charge in [-0.25, -0.2) is 9.59 Å². The van der Waals surface area contributed by atoms with E-state index in [9.17, 15) is 9.59 Å². The third-order valence-electron chi connectivity index (χ3n) is 3.00. The Labute approximate surface area is 134 Å². The van der Waals surface area contributed by atoms with E-state index in [2.05, 4.69) is 0 Å². The lowest BCUT2D eigenvalue weighted by Crippen LogP contribution is -2.27. The molecular weight excluding hydrogens is 300 g/mol. The average molecular weight is 320 g/mol. The van der Waals surface area contributed by atoms with Crippen molar-refractivity contribution in [3.63, 3.8) is 0 Å². The molecule has 1 heterocycles. The van der Waals surface area contributed by atoms with E-state index < -0.39 is 17.5 Å². The van der Waals surface area contributed by atoms with Crippen LogP contribution in [0, 0.1) is 6.92 Å². The summed E-state index contributed by atoms with van der Waals surface area (Å²) >= 11 is 0. The molecule has 0 aliphatic carbocycles. The van der Waals surface area contributed by atoms with Crippen molar-refractivity contribution in [2.45, 2.75) is 33.3 Å². The smallest absolute Gasteiger partial charge is 0.344 e. The Bertz CT molecular complexity index is 735. The highest BCUT2D eigenvalue weighted by atomic mass is 16.6. The van der Waals surface area contributed by atoms with Crippen LogP contribution in [0.15, 0.2) is 22.6 Å². The predicted molar refractivity (Wildman–Crippen MR) is 83.6 cm³/mol. The second-order valence-corrected chi connectivity index (χ2v) is 6.06. The molecule has 6 nitrogen and oxygen atoms in total. The molecule has 0 bridgehead atoms. The van der Waals surface area contributed by atoms with Crippen LogP contribution in [-0.4, -0.2) is 31.3 Å². The van der Waals surface area contributed by atoms with Gasteiger partial charge in [0.1, 0.15) is 28.3 Å². The molecule has 124 valence electrons. The number of hydrogen-bond donors (Lipinski definition) is 0. The summed E-state index contributed by atoms with van der Waals surface area (Å²) in [6.45, 7) is 6.83. The van der Waals surface area contributed by atoms with Crippen LogP contribution in [0.1, 0.15) is 36.9 Å². The van der Waals surface area contributed by atoms with E-state index in [-0.39, 0.29) is 6.61 Å². The van der Waals surface area contributed by atoms with Gasteiger partial charge >= 0.3 is 11.9 Å². The van der Waals surface area contributed by atoms with Gasteiger partial charge in [0.25, 0.3) is 0 Å². The number of carbonyl (C=O) groups excluding carboxylic acids is 2. The van der Waals surface area contributed by atoms with Crippen LogP contribution in [0.25, 0.3) is 11.0 Å². The Morgan fingerprint density at radius 2 is 1.91 bits per heavy atom. The zero-order valence-electron chi connectivity index (χ0n) is 13.9. The maximum Gasteiger partial charge on any atom is 0.344 e. The Morgan fingerprint density at radius 1 is 1.22 bits per heavy atom. The van der Waals surface area contributed by atoms with Crippen molar-refractivity contribution in [3.8, 4) is 5.75 Å². The largest absolute Gasteiger partial charge is 0.482 e. The molecule has 0 aliphatic rings. The number of carbonyl (C=O) groups is 2. The fourth-order valence-corrected chi connectivity index (χ4v) is 2.16. The van der Waals surface area contributed by atoms with Crippen LogP contribution >= 0.6 is 0 Å². The molecule has 2 aromatic rings. The van der Waals surface area contributed by atoms with Crippen molar-refractivity contribution in [3.05, 3.63) is 29.5 Å². The Morgan fingerprint density at radius 3 is 2.52 bits per heavy atom. The first-order valence-electron chi connectivity index (χ1n) is 7.17. The van der Waals surface area contributed by atoms with E-state index in [0.29, 0.717) is 28.0 Å².